The molecule has 2 heterocycles. The van der Waals surface area contributed by atoms with Crippen LogP contribution < -0.4 is 4.90 Å². The summed E-state index contributed by atoms with van der Waals surface area (Å²) < 4.78 is 10.1. The molecule has 0 aliphatic carbocycles. The van der Waals surface area contributed by atoms with Gasteiger partial charge in [0.25, 0.3) is 0 Å². The first kappa shape index (κ1) is 15.8. The zero-order valence-corrected chi connectivity index (χ0v) is 14.3. The number of furan rings is 1. The summed E-state index contributed by atoms with van der Waals surface area (Å²) in [6, 6.07) is 13.1. The summed E-state index contributed by atoms with van der Waals surface area (Å²) >= 11 is 1.44. The third-order valence-corrected chi connectivity index (χ3v) is 5.21. The van der Waals surface area contributed by atoms with Crippen LogP contribution in [-0.4, -0.2) is 24.7 Å². The minimum atomic E-state index is -0.378. The number of amides is 1. The van der Waals surface area contributed by atoms with Crippen LogP contribution in [0.2, 0.25) is 0 Å². The number of benzene rings is 2. The summed E-state index contributed by atoms with van der Waals surface area (Å²) in [5.74, 6) is 0.0267. The molecule has 1 amide bonds. The van der Waals surface area contributed by atoms with E-state index < -0.39 is 0 Å². The maximum Gasteiger partial charge on any atom is 0.337 e. The van der Waals surface area contributed by atoms with Gasteiger partial charge in [0.2, 0.25) is 5.91 Å². The zero-order valence-electron chi connectivity index (χ0n) is 13.5. The number of ether oxygens (including phenoxy) is 1. The lowest BCUT2D eigenvalue weighted by Crippen LogP contribution is -2.34. The molecule has 0 unspecified atom stereocenters. The molecule has 4 rings (SSSR count). The van der Waals surface area contributed by atoms with E-state index in [1.165, 1.54) is 18.9 Å². The number of rotatable bonds is 3. The van der Waals surface area contributed by atoms with E-state index in [0.29, 0.717) is 17.9 Å². The van der Waals surface area contributed by atoms with Gasteiger partial charge in [0, 0.05) is 10.3 Å². The molecule has 1 aromatic heterocycles. The third kappa shape index (κ3) is 2.89. The summed E-state index contributed by atoms with van der Waals surface area (Å²) in [7, 11) is 1.36. The number of fused-ring (bicyclic) bond motifs is 2. The second-order valence-corrected chi connectivity index (χ2v) is 6.75. The van der Waals surface area contributed by atoms with Gasteiger partial charge in [-0.3, -0.25) is 4.79 Å². The molecule has 0 radical (unpaired) electrons. The Hall–Kier alpha value is -2.73. The molecule has 25 heavy (non-hydrogen) atoms. The van der Waals surface area contributed by atoms with Gasteiger partial charge >= 0.3 is 5.97 Å². The average Bonchev–Trinajstić information content (AvgIpc) is 3.10. The van der Waals surface area contributed by atoms with Crippen LogP contribution in [0.1, 0.15) is 15.9 Å². The first-order valence-corrected chi connectivity index (χ1v) is 8.76. The summed E-state index contributed by atoms with van der Waals surface area (Å²) in [5.41, 5.74) is 3.16. The standard InChI is InChI=1S/C19H15NO4S/c1-23-19(22)14-3-4-15-17(9-14)25-11-18(21)20(15)10-12-2-5-16-13(8-12)6-7-24-16/h2-9H,10-11H2,1H3. The molecular weight excluding hydrogens is 338 g/mol. The van der Waals surface area contributed by atoms with E-state index in [2.05, 4.69) is 0 Å². The Kier molecular flexibility index (Phi) is 3.97. The van der Waals surface area contributed by atoms with E-state index in [1.807, 2.05) is 30.3 Å². The maximum absolute atomic E-state index is 12.4. The fourth-order valence-corrected chi connectivity index (χ4v) is 3.89. The molecule has 0 N–H and O–H groups in total. The molecule has 3 aromatic rings. The number of anilines is 1. The van der Waals surface area contributed by atoms with Crippen molar-refractivity contribution in [3.8, 4) is 0 Å². The highest BCUT2D eigenvalue weighted by Gasteiger charge is 2.26. The van der Waals surface area contributed by atoms with Gasteiger partial charge in [-0.1, -0.05) is 6.07 Å². The van der Waals surface area contributed by atoms with Crippen molar-refractivity contribution >= 4 is 40.3 Å². The smallest absolute Gasteiger partial charge is 0.337 e. The van der Waals surface area contributed by atoms with Crippen LogP contribution >= 0.6 is 11.8 Å². The summed E-state index contributed by atoms with van der Waals surface area (Å²) in [6.45, 7) is 0.477. The largest absolute Gasteiger partial charge is 0.465 e. The molecule has 126 valence electrons. The Balaban J connectivity index is 1.67. The fraction of sp³-hybridized carbons (Fsp3) is 0.158. The van der Waals surface area contributed by atoms with E-state index >= 15 is 0 Å². The van der Waals surface area contributed by atoms with Crippen molar-refractivity contribution in [1.29, 1.82) is 0 Å². The normalized spacial score (nSPS) is 13.8. The number of esters is 1. The summed E-state index contributed by atoms with van der Waals surface area (Å²) in [4.78, 5) is 26.8. The van der Waals surface area contributed by atoms with Gasteiger partial charge in [-0.25, -0.2) is 4.79 Å². The fourth-order valence-electron chi connectivity index (χ4n) is 2.92. The van der Waals surface area contributed by atoms with E-state index in [0.717, 1.165) is 27.1 Å². The second kappa shape index (κ2) is 6.29. The molecule has 0 fully saturated rings. The van der Waals surface area contributed by atoms with Crippen molar-refractivity contribution in [2.45, 2.75) is 11.4 Å². The maximum atomic E-state index is 12.4. The molecule has 0 saturated heterocycles. The molecule has 5 nitrogen and oxygen atoms in total. The third-order valence-electron chi connectivity index (χ3n) is 4.18. The van der Waals surface area contributed by atoms with Crippen LogP contribution in [0, 0.1) is 0 Å². The average molecular weight is 353 g/mol. The Labute approximate surface area is 148 Å². The lowest BCUT2D eigenvalue weighted by Gasteiger charge is -2.29. The van der Waals surface area contributed by atoms with Crippen LogP contribution in [0.5, 0.6) is 0 Å². The molecule has 6 heteroatoms. The van der Waals surface area contributed by atoms with E-state index in [4.69, 9.17) is 9.15 Å². The van der Waals surface area contributed by atoms with Crippen LogP contribution in [0.3, 0.4) is 0 Å². The van der Waals surface area contributed by atoms with Crippen LogP contribution in [0.15, 0.2) is 58.0 Å². The van der Waals surface area contributed by atoms with Gasteiger partial charge in [0.1, 0.15) is 5.58 Å². The Morgan fingerprint density at radius 2 is 2.12 bits per heavy atom. The zero-order chi connectivity index (χ0) is 17.4. The van der Waals surface area contributed by atoms with Crippen molar-refractivity contribution in [3.05, 3.63) is 59.9 Å². The molecule has 0 spiro atoms. The molecule has 0 atom stereocenters. The van der Waals surface area contributed by atoms with Gasteiger partial charge in [-0.2, -0.15) is 0 Å². The monoisotopic (exact) mass is 353 g/mol. The number of hydrogen-bond acceptors (Lipinski definition) is 5. The predicted octanol–water partition coefficient (Wildman–Crippen LogP) is 3.86. The Morgan fingerprint density at radius 1 is 1.24 bits per heavy atom. The molecule has 0 saturated carbocycles. The quantitative estimate of drug-likeness (QED) is 0.669. The van der Waals surface area contributed by atoms with Gasteiger partial charge < -0.3 is 14.1 Å². The molecule has 2 aromatic carbocycles. The van der Waals surface area contributed by atoms with Crippen LogP contribution in [-0.2, 0) is 16.1 Å². The predicted molar refractivity (Wildman–Crippen MR) is 95.9 cm³/mol. The van der Waals surface area contributed by atoms with Crippen molar-refractivity contribution in [1.82, 2.24) is 0 Å². The number of hydrogen-bond donors (Lipinski definition) is 0. The number of carbonyl (C=O) groups is 2. The number of nitrogens with zero attached hydrogens (tertiary/aromatic N) is 1. The molecule has 1 aliphatic rings. The number of carbonyl (C=O) groups excluding carboxylic acids is 2. The van der Waals surface area contributed by atoms with Crippen LogP contribution in [0.25, 0.3) is 11.0 Å². The highest BCUT2D eigenvalue weighted by molar-refractivity contribution is 8.00. The van der Waals surface area contributed by atoms with Crippen LogP contribution in [0.4, 0.5) is 5.69 Å². The SMILES string of the molecule is COC(=O)c1ccc2c(c1)SCC(=O)N2Cc1ccc2occc2c1. The topological polar surface area (TPSA) is 59.8 Å². The van der Waals surface area contributed by atoms with Gasteiger partial charge in [0.05, 0.1) is 36.9 Å². The lowest BCUT2D eigenvalue weighted by atomic mass is 10.1. The molecule has 0 bridgehead atoms. The second-order valence-electron chi connectivity index (χ2n) is 5.74. The number of methoxy groups -OCH3 is 1. The van der Waals surface area contributed by atoms with Crippen molar-refractivity contribution < 1.29 is 18.7 Å². The van der Waals surface area contributed by atoms with Crippen molar-refractivity contribution in [3.63, 3.8) is 0 Å². The van der Waals surface area contributed by atoms with Gasteiger partial charge in [0.15, 0.2) is 0 Å². The first-order valence-electron chi connectivity index (χ1n) is 7.77. The van der Waals surface area contributed by atoms with Crippen molar-refractivity contribution in [2.75, 3.05) is 17.8 Å². The Morgan fingerprint density at radius 3 is 2.96 bits per heavy atom. The van der Waals surface area contributed by atoms with Gasteiger partial charge in [-0.15, -0.1) is 11.8 Å². The highest BCUT2D eigenvalue weighted by atomic mass is 32.2. The summed E-state index contributed by atoms with van der Waals surface area (Å²) in [5, 5.41) is 1.01. The van der Waals surface area contributed by atoms with E-state index in [1.54, 1.807) is 23.3 Å². The minimum absolute atomic E-state index is 0.0515. The summed E-state index contributed by atoms with van der Waals surface area (Å²) in [6.07, 6.45) is 1.65. The highest BCUT2D eigenvalue weighted by Crippen LogP contribution is 2.37. The number of thioether (sulfide) groups is 1. The molecule has 1 aliphatic heterocycles. The van der Waals surface area contributed by atoms with Crippen molar-refractivity contribution in [2.24, 2.45) is 0 Å². The van der Waals surface area contributed by atoms with E-state index in [-0.39, 0.29) is 11.9 Å². The molecular formula is C19H15NO4S. The minimum Gasteiger partial charge on any atom is -0.465 e. The first-order chi connectivity index (χ1) is 12.2. The van der Waals surface area contributed by atoms with E-state index in [9.17, 15) is 9.59 Å². The van der Waals surface area contributed by atoms with Gasteiger partial charge in [-0.05, 0) is 42.0 Å². The lowest BCUT2D eigenvalue weighted by molar-refractivity contribution is -0.116. The Bertz CT molecular complexity index is 978.